The van der Waals surface area contributed by atoms with E-state index < -0.39 is 23.5 Å². The molecule has 3 N–H and O–H groups in total. The number of aromatic nitrogens is 3. The van der Waals surface area contributed by atoms with Crippen molar-refractivity contribution in [1.82, 2.24) is 25.4 Å². The molecule has 2 amide bonds. The molecule has 0 saturated heterocycles. The van der Waals surface area contributed by atoms with E-state index in [0.29, 0.717) is 5.82 Å². The number of nitrogens with zero attached hydrogens (tertiary/aromatic N) is 3. The van der Waals surface area contributed by atoms with E-state index in [1.54, 1.807) is 39.3 Å². The molecular formula is C12H21N5O3. The number of rotatable bonds is 4. The van der Waals surface area contributed by atoms with Crippen molar-refractivity contribution < 1.29 is 14.7 Å². The number of carboxylic acids is 1. The fraction of sp³-hybridized carbons (Fsp3) is 0.667. The Morgan fingerprint density at radius 1 is 1.35 bits per heavy atom. The Hall–Kier alpha value is -2.12. The van der Waals surface area contributed by atoms with Gasteiger partial charge in [-0.15, -0.1) is 10.2 Å². The zero-order valence-corrected chi connectivity index (χ0v) is 12.3. The molecule has 112 valence electrons. The lowest BCUT2D eigenvalue weighted by Crippen LogP contribution is -2.52. The van der Waals surface area contributed by atoms with Crippen LogP contribution in [0, 0.1) is 5.41 Å². The predicted octanol–water partition coefficient (Wildman–Crippen LogP) is 0.675. The van der Waals surface area contributed by atoms with Crippen LogP contribution in [0.1, 0.15) is 39.6 Å². The van der Waals surface area contributed by atoms with Crippen molar-refractivity contribution >= 4 is 12.0 Å². The lowest BCUT2D eigenvalue weighted by molar-refractivity contribution is -0.141. The fourth-order valence-electron chi connectivity index (χ4n) is 1.77. The summed E-state index contributed by atoms with van der Waals surface area (Å²) in [5, 5.41) is 21.9. The van der Waals surface area contributed by atoms with Gasteiger partial charge in [-0.3, -0.25) is 0 Å². The first kappa shape index (κ1) is 15.9. The van der Waals surface area contributed by atoms with Crippen molar-refractivity contribution in [3.8, 4) is 0 Å². The molecule has 0 fully saturated rings. The second kappa shape index (κ2) is 5.89. The van der Waals surface area contributed by atoms with E-state index in [-0.39, 0.29) is 6.04 Å². The number of carboxylic acid groups (broad SMARTS) is 1. The molecule has 1 rings (SSSR count). The van der Waals surface area contributed by atoms with Crippen molar-refractivity contribution in [1.29, 1.82) is 0 Å². The summed E-state index contributed by atoms with van der Waals surface area (Å²) in [5.41, 5.74) is -0.586. The van der Waals surface area contributed by atoms with Crippen LogP contribution < -0.4 is 10.6 Å². The molecule has 8 heteroatoms. The molecule has 1 aromatic heterocycles. The van der Waals surface area contributed by atoms with Crippen LogP contribution in [-0.4, -0.2) is 37.9 Å². The molecule has 0 aliphatic rings. The predicted molar refractivity (Wildman–Crippen MR) is 72.0 cm³/mol. The molecule has 0 aliphatic heterocycles. The first-order chi connectivity index (χ1) is 9.12. The fourth-order valence-corrected chi connectivity index (χ4v) is 1.77. The number of aryl methyl sites for hydroxylation is 1. The minimum absolute atomic E-state index is 0.378. The van der Waals surface area contributed by atoms with Gasteiger partial charge in [0, 0.05) is 7.05 Å². The second-order valence-electron chi connectivity index (χ2n) is 5.78. The number of hydrogen-bond acceptors (Lipinski definition) is 4. The van der Waals surface area contributed by atoms with Crippen LogP contribution >= 0.6 is 0 Å². The van der Waals surface area contributed by atoms with Gasteiger partial charge in [0.25, 0.3) is 0 Å². The summed E-state index contributed by atoms with van der Waals surface area (Å²) >= 11 is 0. The molecule has 1 aromatic rings. The van der Waals surface area contributed by atoms with Gasteiger partial charge in [0.1, 0.15) is 12.4 Å². The maximum atomic E-state index is 11.9. The Bertz CT molecular complexity index is 492. The number of hydrogen-bond donors (Lipinski definition) is 3. The maximum Gasteiger partial charge on any atom is 0.326 e. The number of urea groups is 1. The molecule has 0 saturated carbocycles. The van der Waals surface area contributed by atoms with E-state index >= 15 is 0 Å². The van der Waals surface area contributed by atoms with E-state index in [1.807, 2.05) is 0 Å². The molecule has 0 radical (unpaired) electrons. The zero-order valence-electron chi connectivity index (χ0n) is 12.3. The number of carbonyl (C=O) groups excluding carboxylic acids is 1. The number of aliphatic carboxylic acids is 1. The van der Waals surface area contributed by atoms with E-state index in [9.17, 15) is 9.59 Å². The highest BCUT2D eigenvalue weighted by molar-refractivity contribution is 5.83. The van der Waals surface area contributed by atoms with E-state index in [2.05, 4.69) is 20.8 Å². The Morgan fingerprint density at radius 3 is 2.35 bits per heavy atom. The van der Waals surface area contributed by atoms with Crippen molar-refractivity contribution in [3.63, 3.8) is 0 Å². The van der Waals surface area contributed by atoms with Gasteiger partial charge in [-0.25, -0.2) is 9.59 Å². The third-order valence-electron chi connectivity index (χ3n) is 2.87. The van der Waals surface area contributed by atoms with Crippen LogP contribution in [0.15, 0.2) is 6.33 Å². The summed E-state index contributed by atoms with van der Waals surface area (Å²) in [4.78, 5) is 23.1. The Morgan fingerprint density at radius 2 is 1.95 bits per heavy atom. The van der Waals surface area contributed by atoms with Crippen molar-refractivity contribution in [3.05, 3.63) is 12.2 Å². The quantitative estimate of drug-likeness (QED) is 0.752. The Kier molecular flexibility index (Phi) is 4.69. The molecule has 20 heavy (non-hydrogen) atoms. The zero-order chi connectivity index (χ0) is 15.5. The average molecular weight is 283 g/mol. The average Bonchev–Trinajstić information content (AvgIpc) is 2.70. The molecule has 2 unspecified atom stereocenters. The van der Waals surface area contributed by atoms with Crippen molar-refractivity contribution in [2.45, 2.75) is 39.8 Å². The summed E-state index contributed by atoms with van der Waals surface area (Å²) in [6, 6.07) is -1.91. The standard InChI is InChI=1S/C12H21N5O3/c1-7(9-16-13-6-17(9)5)14-11(20)15-8(10(18)19)12(2,3)4/h6-8H,1-5H3,(H,18,19)(H2,14,15,20). The van der Waals surface area contributed by atoms with E-state index in [0.717, 1.165) is 0 Å². The van der Waals surface area contributed by atoms with Crippen molar-refractivity contribution in [2.24, 2.45) is 12.5 Å². The van der Waals surface area contributed by atoms with Crippen LogP contribution in [0.25, 0.3) is 0 Å². The van der Waals surface area contributed by atoms with E-state index in [1.165, 1.54) is 6.33 Å². The van der Waals surface area contributed by atoms with Gasteiger partial charge in [-0.1, -0.05) is 20.8 Å². The summed E-state index contributed by atoms with van der Waals surface area (Å²) in [6.07, 6.45) is 1.53. The summed E-state index contributed by atoms with van der Waals surface area (Å²) in [5.74, 6) is -0.484. The molecular weight excluding hydrogens is 262 g/mol. The molecule has 2 atom stereocenters. The Balaban J connectivity index is 2.68. The maximum absolute atomic E-state index is 11.9. The summed E-state index contributed by atoms with van der Waals surface area (Å²) in [7, 11) is 1.76. The highest BCUT2D eigenvalue weighted by Crippen LogP contribution is 2.19. The molecule has 1 heterocycles. The third-order valence-corrected chi connectivity index (χ3v) is 2.87. The largest absolute Gasteiger partial charge is 0.480 e. The lowest BCUT2D eigenvalue weighted by Gasteiger charge is -2.28. The minimum Gasteiger partial charge on any atom is -0.480 e. The molecule has 8 nitrogen and oxygen atoms in total. The number of nitrogens with one attached hydrogen (secondary N) is 2. The smallest absolute Gasteiger partial charge is 0.326 e. The minimum atomic E-state index is -1.07. The van der Waals surface area contributed by atoms with Crippen LogP contribution in [0.4, 0.5) is 4.79 Å². The van der Waals surface area contributed by atoms with Gasteiger partial charge >= 0.3 is 12.0 Å². The van der Waals surface area contributed by atoms with Gasteiger partial charge in [0.15, 0.2) is 5.82 Å². The highest BCUT2D eigenvalue weighted by Gasteiger charge is 2.33. The second-order valence-corrected chi connectivity index (χ2v) is 5.78. The SMILES string of the molecule is CC(NC(=O)NC(C(=O)O)C(C)(C)C)c1nncn1C. The molecule has 0 aromatic carbocycles. The first-order valence-electron chi connectivity index (χ1n) is 6.26. The van der Waals surface area contributed by atoms with Gasteiger partial charge in [-0.05, 0) is 12.3 Å². The first-order valence-corrected chi connectivity index (χ1v) is 6.26. The monoisotopic (exact) mass is 283 g/mol. The van der Waals surface area contributed by atoms with Crippen LogP contribution in [0.2, 0.25) is 0 Å². The van der Waals surface area contributed by atoms with E-state index in [4.69, 9.17) is 5.11 Å². The molecule has 0 spiro atoms. The highest BCUT2D eigenvalue weighted by atomic mass is 16.4. The normalized spacial score (nSPS) is 14.4. The summed E-state index contributed by atoms with van der Waals surface area (Å²) < 4.78 is 1.68. The van der Waals surface area contributed by atoms with Crippen molar-refractivity contribution in [2.75, 3.05) is 0 Å². The third kappa shape index (κ3) is 3.94. The van der Waals surface area contributed by atoms with Crippen LogP contribution in [-0.2, 0) is 11.8 Å². The van der Waals surface area contributed by atoms with Gasteiger partial charge in [0.05, 0.1) is 6.04 Å². The molecule has 0 bridgehead atoms. The van der Waals surface area contributed by atoms with Gasteiger partial charge in [0.2, 0.25) is 0 Å². The number of amides is 2. The summed E-state index contributed by atoms with van der Waals surface area (Å²) in [6.45, 7) is 6.99. The van der Waals surface area contributed by atoms with Gasteiger partial charge in [-0.2, -0.15) is 0 Å². The lowest BCUT2D eigenvalue weighted by atomic mass is 9.87. The van der Waals surface area contributed by atoms with Gasteiger partial charge < -0.3 is 20.3 Å². The Labute approximate surface area is 117 Å². The number of carbonyl (C=O) groups is 2. The van der Waals surface area contributed by atoms with Crippen LogP contribution in [0.3, 0.4) is 0 Å². The van der Waals surface area contributed by atoms with Crippen LogP contribution in [0.5, 0.6) is 0 Å². The molecule has 0 aliphatic carbocycles. The topological polar surface area (TPSA) is 109 Å².